The molecule has 1 amide bonds. The Bertz CT molecular complexity index is 1160. The zero-order valence-corrected chi connectivity index (χ0v) is 17.9. The maximum Gasteiger partial charge on any atom is 0.434 e. The molecule has 0 unspecified atom stereocenters. The topological polar surface area (TPSA) is 74.8 Å². The number of H-pyrrole nitrogens is 1. The van der Waals surface area contributed by atoms with Crippen LogP contribution >= 0.6 is 11.3 Å². The van der Waals surface area contributed by atoms with Crippen LogP contribution in [0.15, 0.2) is 23.6 Å². The Morgan fingerprint density at radius 3 is 2.36 bits per heavy atom. The van der Waals surface area contributed by atoms with Crippen molar-refractivity contribution in [3.8, 4) is 22.0 Å². The number of amides is 1. The minimum absolute atomic E-state index is 0.0334. The Balaban J connectivity index is 1.70. The first-order valence-electron chi connectivity index (χ1n) is 9.86. The van der Waals surface area contributed by atoms with Crippen LogP contribution < -0.4 is 0 Å². The number of halogens is 6. The number of aromatic amines is 1. The summed E-state index contributed by atoms with van der Waals surface area (Å²) in [5.41, 5.74) is -0.414. The van der Waals surface area contributed by atoms with Gasteiger partial charge in [-0.3, -0.25) is 4.79 Å². The van der Waals surface area contributed by atoms with E-state index in [1.165, 1.54) is 17.0 Å². The van der Waals surface area contributed by atoms with Crippen LogP contribution in [0, 0.1) is 12.8 Å². The van der Waals surface area contributed by atoms with E-state index in [0.717, 1.165) is 16.7 Å². The third-order valence-electron chi connectivity index (χ3n) is 5.39. The Morgan fingerprint density at radius 1 is 1.12 bits per heavy atom. The standard InChI is InChI=1S/C20H17F6N5OS/c1-10-27-16(30-29-10)11-2-3-13(14(8-11)17-28-15(9-33-17)20(24,25)26)18(32)31-6-4-12(5-7-31)19(21,22)23/h2-3,8-9,12H,4-7H2,1H3,(H,27,29,30). The van der Waals surface area contributed by atoms with Crippen LogP contribution in [0.5, 0.6) is 0 Å². The number of carbonyl (C=O) groups is 1. The van der Waals surface area contributed by atoms with Crippen LogP contribution in [0.1, 0.15) is 34.7 Å². The van der Waals surface area contributed by atoms with Crippen LogP contribution in [0.2, 0.25) is 0 Å². The molecule has 1 saturated heterocycles. The van der Waals surface area contributed by atoms with Gasteiger partial charge in [0.25, 0.3) is 5.91 Å². The van der Waals surface area contributed by atoms with Gasteiger partial charge >= 0.3 is 12.4 Å². The number of rotatable bonds is 3. The van der Waals surface area contributed by atoms with Gasteiger partial charge in [-0.25, -0.2) is 4.98 Å². The summed E-state index contributed by atoms with van der Waals surface area (Å²) in [6, 6.07) is 4.46. The van der Waals surface area contributed by atoms with Crippen molar-refractivity contribution in [1.82, 2.24) is 25.1 Å². The monoisotopic (exact) mass is 489 g/mol. The lowest BCUT2D eigenvalue weighted by atomic mass is 9.95. The van der Waals surface area contributed by atoms with E-state index in [9.17, 15) is 31.1 Å². The molecule has 0 saturated carbocycles. The van der Waals surface area contributed by atoms with Crippen LogP contribution in [-0.2, 0) is 6.18 Å². The molecule has 1 N–H and O–H groups in total. The maximum atomic E-state index is 13.2. The highest BCUT2D eigenvalue weighted by Gasteiger charge is 2.42. The van der Waals surface area contributed by atoms with Gasteiger partial charge in [0.15, 0.2) is 11.5 Å². The fourth-order valence-corrected chi connectivity index (χ4v) is 4.50. The number of aryl methyl sites for hydroxylation is 1. The molecule has 2 aromatic heterocycles. The third kappa shape index (κ3) is 4.87. The summed E-state index contributed by atoms with van der Waals surface area (Å²) in [4.78, 5) is 21.0. The molecule has 4 rings (SSSR count). The Hall–Kier alpha value is -2.96. The molecular formula is C20H17F6N5OS. The van der Waals surface area contributed by atoms with E-state index >= 15 is 0 Å². The molecule has 0 aliphatic carbocycles. The summed E-state index contributed by atoms with van der Waals surface area (Å²) in [5, 5.41) is 8.63. The lowest BCUT2D eigenvalue weighted by Gasteiger charge is -2.33. The average molecular weight is 489 g/mol. The first-order valence-corrected chi connectivity index (χ1v) is 10.7. The van der Waals surface area contributed by atoms with Crippen LogP contribution in [0.4, 0.5) is 26.3 Å². The van der Waals surface area contributed by atoms with E-state index in [0.29, 0.717) is 17.2 Å². The second-order valence-corrected chi connectivity index (χ2v) is 8.52. The molecule has 1 aliphatic heterocycles. The molecule has 3 heterocycles. The average Bonchev–Trinajstić information content (AvgIpc) is 3.42. The minimum atomic E-state index is -4.65. The molecule has 3 aromatic rings. The zero-order valence-electron chi connectivity index (χ0n) is 17.1. The zero-order chi connectivity index (χ0) is 24.0. The van der Waals surface area contributed by atoms with Crippen LogP contribution in [0.25, 0.3) is 22.0 Å². The minimum Gasteiger partial charge on any atom is -0.339 e. The number of hydrogen-bond donors (Lipinski definition) is 1. The second-order valence-electron chi connectivity index (χ2n) is 7.66. The third-order valence-corrected chi connectivity index (χ3v) is 6.27. The Kier molecular flexibility index (Phi) is 5.93. The van der Waals surface area contributed by atoms with Gasteiger partial charge in [-0.05, 0) is 31.9 Å². The number of benzene rings is 1. The van der Waals surface area contributed by atoms with Gasteiger partial charge in [-0.15, -0.1) is 21.5 Å². The Labute approximate surface area is 187 Å². The number of thiazole rings is 1. The summed E-state index contributed by atoms with van der Waals surface area (Å²) in [5.74, 6) is -1.17. The molecule has 33 heavy (non-hydrogen) atoms. The molecule has 0 atom stereocenters. The highest BCUT2D eigenvalue weighted by Crippen LogP contribution is 2.38. The predicted octanol–water partition coefficient (Wildman–Crippen LogP) is 5.34. The summed E-state index contributed by atoms with van der Waals surface area (Å²) >= 11 is 0.724. The molecular weight excluding hydrogens is 472 g/mol. The maximum absolute atomic E-state index is 13.2. The van der Waals surface area contributed by atoms with E-state index in [1.54, 1.807) is 13.0 Å². The fourth-order valence-electron chi connectivity index (χ4n) is 3.64. The van der Waals surface area contributed by atoms with E-state index in [4.69, 9.17) is 0 Å². The molecule has 0 radical (unpaired) electrons. The highest BCUT2D eigenvalue weighted by molar-refractivity contribution is 7.13. The summed E-state index contributed by atoms with van der Waals surface area (Å²) < 4.78 is 78.2. The van der Waals surface area contributed by atoms with Crippen molar-refractivity contribution < 1.29 is 31.1 Å². The molecule has 1 aromatic carbocycles. The fraction of sp³-hybridized carbons (Fsp3) is 0.400. The quantitative estimate of drug-likeness (QED) is 0.505. The van der Waals surface area contributed by atoms with Crippen molar-refractivity contribution in [2.45, 2.75) is 32.1 Å². The predicted molar refractivity (Wildman–Crippen MR) is 107 cm³/mol. The normalized spacial score (nSPS) is 15.8. The lowest BCUT2D eigenvalue weighted by molar-refractivity contribution is -0.183. The molecule has 13 heteroatoms. The number of nitrogens with zero attached hydrogens (tertiary/aromatic N) is 4. The van der Waals surface area contributed by atoms with Gasteiger partial charge in [0.2, 0.25) is 0 Å². The first kappa shape index (κ1) is 23.2. The van der Waals surface area contributed by atoms with Crippen molar-refractivity contribution in [2.75, 3.05) is 13.1 Å². The lowest BCUT2D eigenvalue weighted by Crippen LogP contribution is -2.42. The second kappa shape index (κ2) is 8.43. The van der Waals surface area contributed by atoms with Gasteiger partial charge in [-0.2, -0.15) is 26.3 Å². The van der Waals surface area contributed by atoms with E-state index < -0.39 is 29.9 Å². The van der Waals surface area contributed by atoms with Gasteiger partial charge in [-0.1, -0.05) is 6.07 Å². The number of carbonyl (C=O) groups excluding carboxylic acids is 1. The van der Waals surface area contributed by atoms with Crippen molar-refractivity contribution >= 4 is 17.2 Å². The van der Waals surface area contributed by atoms with Gasteiger partial charge in [0.1, 0.15) is 10.8 Å². The molecule has 0 bridgehead atoms. The number of hydrogen-bond acceptors (Lipinski definition) is 5. The number of nitrogens with one attached hydrogen (secondary N) is 1. The Morgan fingerprint density at radius 2 is 1.82 bits per heavy atom. The molecule has 1 fully saturated rings. The van der Waals surface area contributed by atoms with Crippen LogP contribution in [-0.4, -0.2) is 50.2 Å². The number of likely N-dealkylation sites (tertiary alicyclic amines) is 1. The first-order chi connectivity index (χ1) is 15.4. The molecule has 0 spiro atoms. The number of piperidine rings is 1. The van der Waals surface area contributed by atoms with Crippen molar-refractivity contribution in [2.24, 2.45) is 5.92 Å². The van der Waals surface area contributed by atoms with Crippen molar-refractivity contribution in [3.63, 3.8) is 0 Å². The summed E-state index contributed by atoms with van der Waals surface area (Å²) in [7, 11) is 0. The number of aromatic nitrogens is 4. The molecule has 6 nitrogen and oxygen atoms in total. The van der Waals surface area contributed by atoms with Crippen molar-refractivity contribution in [3.05, 3.63) is 40.7 Å². The smallest absolute Gasteiger partial charge is 0.339 e. The number of alkyl halides is 6. The van der Waals surface area contributed by atoms with Crippen molar-refractivity contribution in [1.29, 1.82) is 0 Å². The SMILES string of the molecule is Cc1nnc(-c2ccc(C(=O)N3CCC(C(F)(F)F)CC3)c(-c3nc(C(F)(F)F)cs3)c2)[nH]1. The van der Waals surface area contributed by atoms with E-state index in [1.807, 2.05) is 0 Å². The molecule has 176 valence electrons. The van der Waals surface area contributed by atoms with Gasteiger partial charge in [0.05, 0.1) is 5.92 Å². The summed E-state index contributed by atoms with van der Waals surface area (Å²) in [6.45, 7) is 1.48. The van der Waals surface area contributed by atoms with Gasteiger partial charge in [0, 0.05) is 35.2 Å². The van der Waals surface area contributed by atoms with Gasteiger partial charge < -0.3 is 9.88 Å². The summed E-state index contributed by atoms with van der Waals surface area (Å²) in [6.07, 6.45) is -9.44. The molecule has 1 aliphatic rings. The van der Waals surface area contributed by atoms with E-state index in [2.05, 4.69) is 20.2 Å². The van der Waals surface area contributed by atoms with E-state index in [-0.39, 0.29) is 42.1 Å². The van der Waals surface area contributed by atoms with Crippen LogP contribution in [0.3, 0.4) is 0 Å². The largest absolute Gasteiger partial charge is 0.434 e. The highest BCUT2D eigenvalue weighted by atomic mass is 32.1.